The highest BCUT2D eigenvalue weighted by Crippen LogP contribution is 2.09. The van der Waals surface area contributed by atoms with Gasteiger partial charge in [0.25, 0.3) is 0 Å². The van der Waals surface area contributed by atoms with Gasteiger partial charge in [-0.05, 0) is 37.2 Å². The molecule has 0 rings (SSSR count). The van der Waals surface area contributed by atoms with E-state index in [1.165, 1.54) is 0 Å². The highest BCUT2D eigenvalue weighted by molar-refractivity contribution is 7.99. The molecular formula is C8H18O4S. The molecule has 0 unspecified atom stereocenters. The lowest BCUT2D eigenvalue weighted by Gasteiger charge is -2.04. The summed E-state index contributed by atoms with van der Waals surface area (Å²) in [7, 11) is 0. The molecule has 0 aliphatic carbocycles. The lowest BCUT2D eigenvalue weighted by Crippen LogP contribution is -2.05. The molecule has 0 aromatic carbocycles. The van der Waals surface area contributed by atoms with Crippen molar-refractivity contribution in [2.75, 3.05) is 11.5 Å². The van der Waals surface area contributed by atoms with Crippen molar-refractivity contribution in [1.82, 2.24) is 0 Å². The first-order chi connectivity index (χ1) is 6.13. The fourth-order valence-corrected chi connectivity index (χ4v) is 1.78. The molecule has 0 saturated carbocycles. The second-order valence-electron chi connectivity index (χ2n) is 2.86. The zero-order valence-electron chi connectivity index (χ0n) is 7.59. The molecule has 0 radical (unpaired) electrons. The summed E-state index contributed by atoms with van der Waals surface area (Å²) in [4.78, 5) is 0. The van der Waals surface area contributed by atoms with E-state index in [-0.39, 0.29) is 0 Å². The Kier molecular flexibility index (Phi) is 8.90. The Morgan fingerprint density at radius 1 is 0.769 bits per heavy atom. The fourth-order valence-electron chi connectivity index (χ4n) is 0.838. The first-order valence-corrected chi connectivity index (χ1v) is 5.58. The highest BCUT2D eigenvalue weighted by atomic mass is 32.2. The maximum atomic E-state index is 8.51. The Morgan fingerprint density at radius 2 is 1.15 bits per heavy atom. The lowest BCUT2D eigenvalue weighted by molar-refractivity contribution is -0.0456. The zero-order valence-corrected chi connectivity index (χ0v) is 8.41. The summed E-state index contributed by atoms with van der Waals surface area (Å²) in [5.41, 5.74) is 0. The van der Waals surface area contributed by atoms with Crippen molar-refractivity contribution in [1.29, 1.82) is 0 Å². The van der Waals surface area contributed by atoms with Crippen LogP contribution in [-0.4, -0.2) is 44.5 Å². The van der Waals surface area contributed by atoms with Gasteiger partial charge in [-0.15, -0.1) is 0 Å². The van der Waals surface area contributed by atoms with Gasteiger partial charge in [0.1, 0.15) is 0 Å². The number of thioether (sulfide) groups is 1. The largest absolute Gasteiger partial charge is 0.368 e. The van der Waals surface area contributed by atoms with Gasteiger partial charge in [-0.25, -0.2) is 0 Å². The fraction of sp³-hybridized carbons (Fsp3) is 1.00. The van der Waals surface area contributed by atoms with Crippen LogP contribution < -0.4 is 0 Å². The number of rotatable bonds is 8. The quantitative estimate of drug-likeness (QED) is 0.332. The van der Waals surface area contributed by atoms with Crippen LogP contribution in [0.15, 0.2) is 0 Å². The molecular weight excluding hydrogens is 192 g/mol. The molecule has 13 heavy (non-hydrogen) atoms. The first-order valence-electron chi connectivity index (χ1n) is 4.43. The van der Waals surface area contributed by atoms with Crippen LogP contribution in [0.5, 0.6) is 0 Å². The van der Waals surface area contributed by atoms with Crippen LogP contribution in [0.25, 0.3) is 0 Å². The average molecular weight is 210 g/mol. The van der Waals surface area contributed by atoms with E-state index in [9.17, 15) is 0 Å². The van der Waals surface area contributed by atoms with Crippen LogP contribution in [0.2, 0.25) is 0 Å². The standard InChI is InChI=1S/C8H18O4S/c9-7(10)3-1-5-13-6-2-4-8(11)12/h7-12H,1-6H2. The smallest absolute Gasteiger partial charge is 0.151 e. The molecule has 5 heteroatoms. The second-order valence-corrected chi connectivity index (χ2v) is 4.08. The number of aliphatic hydroxyl groups excluding tert-OH is 2. The zero-order chi connectivity index (χ0) is 10.1. The van der Waals surface area contributed by atoms with Crippen molar-refractivity contribution >= 4 is 11.8 Å². The van der Waals surface area contributed by atoms with E-state index >= 15 is 0 Å². The van der Waals surface area contributed by atoms with Crippen LogP contribution in [0.4, 0.5) is 0 Å². The summed E-state index contributed by atoms with van der Waals surface area (Å²) in [6.45, 7) is 0. The second kappa shape index (κ2) is 8.77. The molecule has 0 atom stereocenters. The van der Waals surface area contributed by atoms with E-state index in [2.05, 4.69) is 0 Å². The maximum absolute atomic E-state index is 8.51. The van der Waals surface area contributed by atoms with Gasteiger partial charge in [-0.2, -0.15) is 11.8 Å². The predicted octanol–water partition coefficient (Wildman–Crippen LogP) is -0.0986. The van der Waals surface area contributed by atoms with Crippen molar-refractivity contribution in [3.63, 3.8) is 0 Å². The van der Waals surface area contributed by atoms with Gasteiger partial charge in [-0.1, -0.05) is 0 Å². The Labute approximate surface area is 82.6 Å². The van der Waals surface area contributed by atoms with Crippen molar-refractivity contribution in [2.45, 2.75) is 38.3 Å². The van der Waals surface area contributed by atoms with Crippen LogP contribution in [0.3, 0.4) is 0 Å². The van der Waals surface area contributed by atoms with Crippen LogP contribution in [-0.2, 0) is 0 Å². The molecule has 0 bridgehead atoms. The molecule has 0 aliphatic rings. The monoisotopic (exact) mass is 210 g/mol. The molecule has 0 aromatic heterocycles. The topological polar surface area (TPSA) is 80.9 Å². The number of aliphatic hydroxyl groups is 4. The normalized spacial score (nSPS) is 11.5. The van der Waals surface area contributed by atoms with Gasteiger partial charge in [0.05, 0.1) is 0 Å². The molecule has 80 valence electrons. The summed E-state index contributed by atoms with van der Waals surface area (Å²) in [5.74, 6) is 1.78. The summed E-state index contributed by atoms with van der Waals surface area (Å²) >= 11 is 1.69. The van der Waals surface area contributed by atoms with Gasteiger partial charge < -0.3 is 20.4 Å². The third-order valence-electron chi connectivity index (χ3n) is 1.50. The third-order valence-corrected chi connectivity index (χ3v) is 2.66. The van der Waals surface area contributed by atoms with Crippen LogP contribution in [0.1, 0.15) is 25.7 Å². The van der Waals surface area contributed by atoms with Crippen molar-refractivity contribution in [3.8, 4) is 0 Å². The Bertz CT molecular complexity index is 96.3. The van der Waals surface area contributed by atoms with Crippen LogP contribution >= 0.6 is 11.8 Å². The van der Waals surface area contributed by atoms with E-state index < -0.39 is 12.6 Å². The van der Waals surface area contributed by atoms with Gasteiger partial charge in [-0.3, -0.25) is 0 Å². The maximum Gasteiger partial charge on any atom is 0.151 e. The number of hydrogen-bond acceptors (Lipinski definition) is 5. The highest BCUT2D eigenvalue weighted by Gasteiger charge is 1.98. The van der Waals surface area contributed by atoms with E-state index in [0.717, 1.165) is 24.3 Å². The molecule has 4 nitrogen and oxygen atoms in total. The van der Waals surface area contributed by atoms with Gasteiger partial charge >= 0.3 is 0 Å². The molecule has 4 N–H and O–H groups in total. The lowest BCUT2D eigenvalue weighted by atomic mass is 10.3. The van der Waals surface area contributed by atoms with Crippen molar-refractivity contribution in [3.05, 3.63) is 0 Å². The summed E-state index contributed by atoms with van der Waals surface area (Å²) in [6.07, 6.45) is -0.000972. The molecule has 0 saturated heterocycles. The summed E-state index contributed by atoms with van der Waals surface area (Å²) in [6, 6.07) is 0. The first kappa shape index (κ1) is 13.2. The molecule has 0 heterocycles. The van der Waals surface area contributed by atoms with Gasteiger partial charge in [0.2, 0.25) is 0 Å². The SMILES string of the molecule is OC(O)CCCSCCCC(O)O. The average Bonchev–Trinajstić information content (AvgIpc) is 2.01. The molecule has 0 aliphatic heterocycles. The van der Waals surface area contributed by atoms with Crippen molar-refractivity contribution < 1.29 is 20.4 Å². The Balaban J connectivity index is 2.92. The van der Waals surface area contributed by atoms with E-state index in [1.54, 1.807) is 11.8 Å². The minimum absolute atomic E-state index is 0.412. The van der Waals surface area contributed by atoms with Gasteiger partial charge in [0.15, 0.2) is 12.6 Å². The van der Waals surface area contributed by atoms with Crippen LogP contribution in [0, 0.1) is 0 Å². The van der Waals surface area contributed by atoms with E-state index in [0.29, 0.717) is 12.8 Å². The third kappa shape index (κ3) is 12.2. The summed E-state index contributed by atoms with van der Waals surface area (Å²) in [5, 5.41) is 34.0. The minimum atomic E-state index is -1.19. The Hall–Kier alpha value is 0.190. The number of hydrogen-bond donors (Lipinski definition) is 4. The molecule has 0 spiro atoms. The summed E-state index contributed by atoms with van der Waals surface area (Å²) < 4.78 is 0. The predicted molar refractivity (Wildman–Crippen MR) is 52.2 cm³/mol. The Morgan fingerprint density at radius 3 is 1.46 bits per heavy atom. The van der Waals surface area contributed by atoms with Gasteiger partial charge in [0, 0.05) is 0 Å². The van der Waals surface area contributed by atoms with Crippen molar-refractivity contribution in [2.24, 2.45) is 0 Å². The van der Waals surface area contributed by atoms with E-state index in [1.807, 2.05) is 0 Å². The molecule has 0 fully saturated rings. The minimum Gasteiger partial charge on any atom is -0.368 e. The molecule has 0 amide bonds. The van der Waals surface area contributed by atoms with E-state index in [4.69, 9.17) is 20.4 Å². The molecule has 0 aromatic rings.